The summed E-state index contributed by atoms with van der Waals surface area (Å²) in [6.45, 7) is 9.29. The fraction of sp³-hybridized carbons (Fsp3) is 0.654. The number of amides is 1. The molecular weight excluding hydrogens is 500 g/mol. The summed E-state index contributed by atoms with van der Waals surface area (Å²) >= 11 is 1.59. The SMILES string of the molecule is CCOC(=O)C(CCc1cc(OC)ccc1OC)N[C@@H](C)C(=O)N1CCSCC1OC(=O)OC(C)(C)C. The number of hydrogen-bond donors (Lipinski definition) is 1. The summed E-state index contributed by atoms with van der Waals surface area (Å²) in [4.78, 5) is 39.9. The highest BCUT2D eigenvalue weighted by Crippen LogP contribution is 2.26. The Bertz CT molecular complexity index is 920. The molecule has 1 fully saturated rings. The molecule has 0 aliphatic carbocycles. The van der Waals surface area contributed by atoms with Crippen molar-refractivity contribution in [1.29, 1.82) is 0 Å². The Labute approximate surface area is 223 Å². The van der Waals surface area contributed by atoms with Crippen LogP contribution in [0, 0.1) is 0 Å². The van der Waals surface area contributed by atoms with E-state index in [0.29, 0.717) is 42.4 Å². The minimum absolute atomic E-state index is 0.219. The highest BCUT2D eigenvalue weighted by atomic mass is 32.2. The van der Waals surface area contributed by atoms with E-state index >= 15 is 0 Å². The average molecular weight is 541 g/mol. The number of thioether (sulfide) groups is 1. The van der Waals surface area contributed by atoms with E-state index < -0.39 is 36.0 Å². The van der Waals surface area contributed by atoms with Crippen molar-refractivity contribution in [2.24, 2.45) is 0 Å². The molecule has 37 heavy (non-hydrogen) atoms. The van der Waals surface area contributed by atoms with Crippen LogP contribution < -0.4 is 14.8 Å². The zero-order chi connectivity index (χ0) is 27.6. The predicted molar refractivity (Wildman–Crippen MR) is 141 cm³/mol. The zero-order valence-electron chi connectivity index (χ0n) is 22.8. The lowest BCUT2D eigenvalue weighted by Gasteiger charge is -2.36. The minimum atomic E-state index is -0.824. The van der Waals surface area contributed by atoms with Crippen LogP contribution in [0.15, 0.2) is 18.2 Å². The van der Waals surface area contributed by atoms with Gasteiger partial charge in [-0.25, -0.2) is 4.79 Å². The monoisotopic (exact) mass is 540 g/mol. The summed E-state index contributed by atoms with van der Waals surface area (Å²) in [5.41, 5.74) is 0.164. The lowest BCUT2D eigenvalue weighted by atomic mass is 10.0. The van der Waals surface area contributed by atoms with E-state index in [1.807, 2.05) is 12.1 Å². The molecule has 0 spiro atoms. The van der Waals surface area contributed by atoms with Gasteiger partial charge in [0.15, 0.2) is 6.23 Å². The summed E-state index contributed by atoms with van der Waals surface area (Å²) < 4.78 is 26.8. The second kappa shape index (κ2) is 14.3. The van der Waals surface area contributed by atoms with Crippen molar-refractivity contribution in [2.75, 3.05) is 38.9 Å². The second-order valence-corrected chi connectivity index (χ2v) is 10.7. The third kappa shape index (κ3) is 9.62. The lowest BCUT2D eigenvalue weighted by molar-refractivity contribution is -0.148. The van der Waals surface area contributed by atoms with Gasteiger partial charge < -0.3 is 28.6 Å². The zero-order valence-corrected chi connectivity index (χ0v) is 23.6. The molecule has 208 valence electrons. The predicted octanol–water partition coefficient (Wildman–Crippen LogP) is 3.40. The van der Waals surface area contributed by atoms with Crippen LogP contribution in [-0.2, 0) is 30.2 Å². The van der Waals surface area contributed by atoms with Crippen LogP contribution in [0.5, 0.6) is 11.5 Å². The van der Waals surface area contributed by atoms with Gasteiger partial charge in [0, 0.05) is 12.3 Å². The van der Waals surface area contributed by atoms with Crippen molar-refractivity contribution in [3.05, 3.63) is 23.8 Å². The molecule has 0 saturated carbocycles. The van der Waals surface area contributed by atoms with Gasteiger partial charge in [0.1, 0.15) is 23.1 Å². The number of aryl methyl sites for hydroxylation is 1. The van der Waals surface area contributed by atoms with Gasteiger partial charge in [-0.05, 0) is 71.2 Å². The van der Waals surface area contributed by atoms with Crippen LogP contribution in [-0.4, -0.2) is 85.7 Å². The Balaban J connectivity index is 2.11. The Hall–Kier alpha value is -2.66. The van der Waals surface area contributed by atoms with Gasteiger partial charge in [-0.2, -0.15) is 11.8 Å². The lowest BCUT2D eigenvalue weighted by Crippen LogP contribution is -2.56. The van der Waals surface area contributed by atoms with Crippen LogP contribution in [0.4, 0.5) is 4.79 Å². The van der Waals surface area contributed by atoms with E-state index in [2.05, 4.69) is 5.32 Å². The van der Waals surface area contributed by atoms with E-state index in [9.17, 15) is 14.4 Å². The molecule has 1 aromatic carbocycles. The van der Waals surface area contributed by atoms with E-state index in [-0.39, 0.29) is 12.5 Å². The fourth-order valence-corrected chi connectivity index (χ4v) is 4.77. The van der Waals surface area contributed by atoms with Crippen molar-refractivity contribution in [2.45, 2.75) is 71.4 Å². The number of hydrogen-bond acceptors (Lipinski definition) is 10. The largest absolute Gasteiger partial charge is 0.510 e. The van der Waals surface area contributed by atoms with E-state index in [0.717, 1.165) is 5.56 Å². The number of ether oxygens (including phenoxy) is 5. The number of carbonyl (C=O) groups excluding carboxylic acids is 3. The molecule has 1 aliphatic heterocycles. The van der Waals surface area contributed by atoms with Gasteiger partial charge in [0.05, 0.1) is 32.6 Å². The fourth-order valence-electron chi connectivity index (χ4n) is 3.83. The van der Waals surface area contributed by atoms with Gasteiger partial charge in [0.25, 0.3) is 0 Å². The first kappa shape index (κ1) is 30.6. The molecule has 2 unspecified atom stereocenters. The van der Waals surface area contributed by atoms with Gasteiger partial charge in [-0.15, -0.1) is 0 Å². The molecule has 0 bridgehead atoms. The standard InChI is InChI=1S/C26H40N2O8S/c1-8-34-24(30)20(11-9-18-15-19(32-6)10-12-21(18)33-7)27-17(2)23(29)28-13-14-37-16-22(28)35-25(31)36-26(3,4)5/h10,12,15,17,20,22,27H,8-9,11,13-14,16H2,1-7H3/t17-,20?,22?/m0/s1. The van der Waals surface area contributed by atoms with Gasteiger partial charge in [-0.3, -0.25) is 14.9 Å². The molecule has 3 atom stereocenters. The molecule has 1 amide bonds. The summed E-state index contributed by atoms with van der Waals surface area (Å²) in [5.74, 6) is 1.79. The molecule has 11 heteroatoms. The molecular formula is C26H40N2O8S. The van der Waals surface area contributed by atoms with E-state index in [4.69, 9.17) is 23.7 Å². The molecule has 1 N–H and O–H groups in total. The smallest absolute Gasteiger partial charge is 0.497 e. The Morgan fingerprint density at radius 3 is 2.54 bits per heavy atom. The Morgan fingerprint density at radius 1 is 1.19 bits per heavy atom. The summed E-state index contributed by atoms with van der Waals surface area (Å²) in [6.07, 6.45) is -0.724. The van der Waals surface area contributed by atoms with Gasteiger partial charge in [0.2, 0.25) is 5.91 Å². The average Bonchev–Trinajstić information content (AvgIpc) is 2.84. The maximum Gasteiger partial charge on any atom is 0.510 e. The van der Waals surface area contributed by atoms with Crippen LogP contribution in [0.1, 0.15) is 46.6 Å². The van der Waals surface area contributed by atoms with E-state index in [1.165, 1.54) is 4.90 Å². The van der Waals surface area contributed by atoms with Crippen LogP contribution >= 0.6 is 11.8 Å². The first-order chi connectivity index (χ1) is 17.5. The van der Waals surface area contributed by atoms with E-state index in [1.54, 1.807) is 66.7 Å². The maximum atomic E-state index is 13.4. The second-order valence-electron chi connectivity index (χ2n) is 9.55. The van der Waals surface area contributed by atoms with Crippen LogP contribution in [0.3, 0.4) is 0 Å². The number of carbonyl (C=O) groups is 3. The third-order valence-electron chi connectivity index (χ3n) is 5.57. The molecule has 0 aromatic heterocycles. The van der Waals surface area contributed by atoms with Crippen molar-refractivity contribution in [3.63, 3.8) is 0 Å². The first-order valence-corrected chi connectivity index (χ1v) is 13.6. The van der Waals surface area contributed by atoms with Crippen molar-refractivity contribution in [3.8, 4) is 11.5 Å². The minimum Gasteiger partial charge on any atom is -0.497 e. The van der Waals surface area contributed by atoms with Crippen molar-refractivity contribution < 1.29 is 38.1 Å². The molecule has 0 radical (unpaired) electrons. The first-order valence-electron chi connectivity index (χ1n) is 12.4. The topological polar surface area (TPSA) is 113 Å². The van der Waals surface area contributed by atoms with Crippen molar-refractivity contribution >= 4 is 29.8 Å². The highest BCUT2D eigenvalue weighted by Gasteiger charge is 2.35. The number of methoxy groups -OCH3 is 2. The van der Waals surface area contributed by atoms with Gasteiger partial charge >= 0.3 is 12.1 Å². The molecule has 1 heterocycles. The molecule has 1 saturated heterocycles. The molecule has 2 rings (SSSR count). The third-order valence-corrected chi connectivity index (χ3v) is 6.56. The Kier molecular flexibility index (Phi) is 11.8. The molecule has 1 aromatic rings. The van der Waals surface area contributed by atoms with Crippen LogP contribution in [0.2, 0.25) is 0 Å². The Morgan fingerprint density at radius 2 is 1.92 bits per heavy atom. The number of benzene rings is 1. The van der Waals surface area contributed by atoms with Crippen LogP contribution in [0.25, 0.3) is 0 Å². The van der Waals surface area contributed by atoms with Crippen molar-refractivity contribution in [1.82, 2.24) is 10.2 Å². The summed E-state index contributed by atoms with van der Waals surface area (Å²) in [5, 5.41) is 3.13. The number of nitrogens with zero attached hydrogens (tertiary/aromatic N) is 1. The molecule has 10 nitrogen and oxygen atoms in total. The normalized spacial score (nSPS) is 17.4. The van der Waals surface area contributed by atoms with Gasteiger partial charge in [-0.1, -0.05) is 0 Å². The maximum absolute atomic E-state index is 13.4. The highest BCUT2D eigenvalue weighted by molar-refractivity contribution is 7.99. The summed E-state index contributed by atoms with van der Waals surface area (Å²) in [7, 11) is 3.17. The quantitative estimate of drug-likeness (QED) is 0.419. The number of nitrogens with one attached hydrogen (secondary N) is 1. The molecule has 1 aliphatic rings. The number of rotatable bonds is 11. The number of esters is 1. The summed E-state index contributed by atoms with van der Waals surface area (Å²) in [6, 6.07) is 4.01.